The van der Waals surface area contributed by atoms with Crippen LogP contribution in [0, 0.1) is 17.5 Å². The number of nitrogens with one attached hydrogen (secondary N) is 1. The molecular weight excluding hydrogens is 513 g/mol. The van der Waals surface area contributed by atoms with Crippen LogP contribution < -0.4 is 5.32 Å². The number of nitrogens with zero attached hydrogens (tertiary/aromatic N) is 1. The number of benzene rings is 3. The monoisotopic (exact) mass is 536 g/mol. The molecule has 2 atom stereocenters. The first kappa shape index (κ1) is 26.2. The lowest BCUT2D eigenvalue weighted by Gasteiger charge is -2.26. The molecule has 1 fully saturated rings. The first-order valence-corrected chi connectivity index (χ1v) is 13.6. The Hall–Kier alpha value is -2.86. The van der Waals surface area contributed by atoms with E-state index in [-0.39, 0.29) is 17.9 Å². The minimum Gasteiger partial charge on any atom is -0.396 e. The van der Waals surface area contributed by atoms with Crippen LogP contribution in [0.3, 0.4) is 0 Å². The topological polar surface area (TPSA) is 86.7 Å². The highest BCUT2D eigenvalue weighted by molar-refractivity contribution is 8.02. The number of halogens is 3. The van der Waals surface area contributed by atoms with Crippen molar-refractivity contribution in [3.63, 3.8) is 0 Å². The Labute approximate surface area is 211 Å². The molecule has 0 aromatic heterocycles. The van der Waals surface area contributed by atoms with E-state index in [1.165, 1.54) is 36.4 Å². The van der Waals surface area contributed by atoms with Gasteiger partial charge >= 0.3 is 0 Å². The third-order valence-electron chi connectivity index (χ3n) is 5.80. The summed E-state index contributed by atoms with van der Waals surface area (Å²) in [7, 11) is -4.11. The molecule has 0 saturated carbocycles. The van der Waals surface area contributed by atoms with Crippen molar-refractivity contribution >= 4 is 27.7 Å². The quantitative estimate of drug-likeness (QED) is 0.453. The Morgan fingerprint density at radius 3 is 2.28 bits per heavy atom. The molecular formula is C25H23F3N2O4S2. The van der Waals surface area contributed by atoms with Gasteiger partial charge in [0.05, 0.1) is 10.9 Å². The summed E-state index contributed by atoms with van der Waals surface area (Å²) < 4.78 is 70.4. The number of carbonyl (C=O) groups is 1. The molecule has 2 N–H and O–H groups in total. The zero-order valence-corrected chi connectivity index (χ0v) is 20.5. The predicted octanol–water partition coefficient (Wildman–Crippen LogP) is 4.07. The lowest BCUT2D eigenvalue weighted by atomic mass is 10.0. The molecule has 6 nitrogen and oxygen atoms in total. The molecule has 1 aliphatic heterocycles. The van der Waals surface area contributed by atoms with Crippen LogP contribution in [0.2, 0.25) is 0 Å². The number of hydrogen-bond acceptors (Lipinski definition) is 5. The number of thioether (sulfide) groups is 1. The molecule has 1 aliphatic rings. The summed E-state index contributed by atoms with van der Waals surface area (Å²) >= 11 is 1.08. The van der Waals surface area contributed by atoms with Crippen LogP contribution >= 0.6 is 11.8 Å². The number of rotatable bonds is 8. The third kappa shape index (κ3) is 5.29. The SMILES string of the molecule is O=C(N[C@@H](CCO)c1c(F)cccc1F)[C@@H]1SCCN1S(=O)(=O)c1ccc(-c2ccccc2F)cc1. The van der Waals surface area contributed by atoms with Crippen molar-refractivity contribution in [1.29, 1.82) is 0 Å². The van der Waals surface area contributed by atoms with Gasteiger partial charge in [0.15, 0.2) is 0 Å². The average Bonchev–Trinajstić information content (AvgIpc) is 3.36. The minimum atomic E-state index is -4.11. The van der Waals surface area contributed by atoms with Gasteiger partial charge in [-0.2, -0.15) is 4.31 Å². The molecule has 0 unspecified atom stereocenters. The molecule has 11 heteroatoms. The van der Waals surface area contributed by atoms with Crippen molar-refractivity contribution in [3.05, 3.63) is 89.7 Å². The van der Waals surface area contributed by atoms with Crippen LogP contribution in [0.25, 0.3) is 11.1 Å². The predicted molar refractivity (Wildman–Crippen MR) is 131 cm³/mol. The number of carbonyl (C=O) groups excluding carboxylic acids is 1. The fourth-order valence-electron chi connectivity index (χ4n) is 4.05. The molecule has 36 heavy (non-hydrogen) atoms. The molecule has 190 valence electrons. The van der Waals surface area contributed by atoms with Gasteiger partial charge in [-0.15, -0.1) is 11.8 Å². The summed E-state index contributed by atoms with van der Waals surface area (Å²) in [6.07, 6.45) is -0.161. The zero-order valence-electron chi connectivity index (χ0n) is 18.9. The Kier molecular flexibility index (Phi) is 8.04. The molecule has 0 spiro atoms. The fraction of sp³-hybridized carbons (Fsp3) is 0.240. The van der Waals surface area contributed by atoms with Gasteiger partial charge in [-0.1, -0.05) is 36.4 Å². The van der Waals surface area contributed by atoms with Crippen LogP contribution in [0.4, 0.5) is 13.2 Å². The maximum Gasteiger partial charge on any atom is 0.249 e. The van der Waals surface area contributed by atoms with Gasteiger partial charge in [0.25, 0.3) is 0 Å². The van der Waals surface area contributed by atoms with Crippen LogP contribution in [0.5, 0.6) is 0 Å². The Balaban J connectivity index is 1.56. The largest absolute Gasteiger partial charge is 0.396 e. The number of aliphatic hydroxyl groups excluding tert-OH is 1. The average molecular weight is 537 g/mol. The highest BCUT2D eigenvalue weighted by atomic mass is 32.2. The summed E-state index contributed by atoms with van der Waals surface area (Å²) in [4.78, 5) is 13.0. The third-order valence-corrected chi connectivity index (χ3v) is 9.02. The highest BCUT2D eigenvalue weighted by Gasteiger charge is 2.41. The molecule has 1 amide bonds. The summed E-state index contributed by atoms with van der Waals surface area (Å²) in [5.41, 5.74) is 0.419. The number of sulfonamides is 1. The second-order valence-electron chi connectivity index (χ2n) is 8.05. The van der Waals surface area contributed by atoms with Gasteiger partial charge in [-0.3, -0.25) is 4.79 Å². The van der Waals surface area contributed by atoms with E-state index in [0.29, 0.717) is 16.9 Å². The molecule has 3 aromatic carbocycles. The Bertz CT molecular complexity index is 1330. The van der Waals surface area contributed by atoms with E-state index in [9.17, 15) is 31.5 Å². The van der Waals surface area contributed by atoms with E-state index in [2.05, 4.69) is 5.32 Å². The van der Waals surface area contributed by atoms with Gasteiger partial charge in [0, 0.05) is 30.0 Å². The molecule has 1 heterocycles. The summed E-state index contributed by atoms with van der Waals surface area (Å²) in [6.45, 7) is -0.397. The molecule has 0 bridgehead atoms. The van der Waals surface area contributed by atoms with Gasteiger partial charge in [-0.05, 0) is 42.3 Å². The van der Waals surface area contributed by atoms with Gasteiger partial charge < -0.3 is 10.4 Å². The van der Waals surface area contributed by atoms with Crippen LogP contribution in [-0.4, -0.2) is 48.0 Å². The smallest absolute Gasteiger partial charge is 0.249 e. The van der Waals surface area contributed by atoms with Gasteiger partial charge in [-0.25, -0.2) is 21.6 Å². The van der Waals surface area contributed by atoms with E-state index < -0.39 is 57.0 Å². The normalized spacial score (nSPS) is 17.2. The van der Waals surface area contributed by atoms with Crippen LogP contribution in [-0.2, 0) is 14.8 Å². The van der Waals surface area contributed by atoms with Crippen molar-refractivity contribution in [1.82, 2.24) is 9.62 Å². The minimum absolute atomic E-state index is 0.0544. The second kappa shape index (κ2) is 11.0. The van der Waals surface area contributed by atoms with Crippen molar-refractivity contribution in [3.8, 4) is 11.1 Å². The van der Waals surface area contributed by atoms with Crippen LogP contribution in [0.15, 0.2) is 71.6 Å². The number of hydrogen-bond donors (Lipinski definition) is 2. The second-order valence-corrected chi connectivity index (χ2v) is 11.1. The molecule has 0 aliphatic carbocycles. The first-order valence-electron chi connectivity index (χ1n) is 11.1. The van der Waals surface area contributed by atoms with Crippen molar-refractivity contribution < 1.29 is 31.5 Å². The van der Waals surface area contributed by atoms with E-state index in [1.807, 2.05) is 0 Å². The summed E-state index contributed by atoms with van der Waals surface area (Å²) in [6, 6.07) is 13.9. The van der Waals surface area contributed by atoms with E-state index >= 15 is 0 Å². The Morgan fingerprint density at radius 1 is 1.00 bits per heavy atom. The summed E-state index contributed by atoms with van der Waals surface area (Å²) in [5.74, 6) is -2.61. The van der Waals surface area contributed by atoms with Gasteiger partial charge in [0.1, 0.15) is 22.8 Å². The van der Waals surface area contributed by atoms with E-state index in [0.717, 1.165) is 28.2 Å². The van der Waals surface area contributed by atoms with E-state index in [1.54, 1.807) is 18.2 Å². The standard InChI is InChI=1S/C25H23F3N2O4S2/c26-19-5-2-1-4-18(19)16-8-10-17(11-9-16)36(33,34)30-13-15-35-25(30)24(32)29-22(12-14-31)23-20(27)6-3-7-21(23)28/h1-11,22,25,31H,12-15H2,(H,29,32)/t22-,25-/m0/s1. The lowest BCUT2D eigenvalue weighted by Crippen LogP contribution is -2.46. The highest BCUT2D eigenvalue weighted by Crippen LogP contribution is 2.33. The molecule has 0 radical (unpaired) electrons. The fourth-order valence-corrected chi connectivity index (χ4v) is 7.13. The van der Waals surface area contributed by atoms with E-state index in [4.69, 9.17) is 0 Å². The number of amides is 1. The molecule has 4 rings (SSSR count). The molecule has 3 aromatic rings. The molecule has 1 saturated heterocycles. The first-order chi connectivity index (χ1) is 17.2. The lowest BCUT2D eigenvalue weighted by molar-refractivity contribution is -0.123. The van der Waals surface area contributed by atoms with Crippen LogP contribution in [0.1, 0.15) is 18.0 Å². The maximum atomic E-state index is 14.3. The van der Waals surface area contributed by atoms with Crippen molar-refractivity contribution in [2.75, 3.05) is 18.9 Å². The summed E-state index contributed by atoms with van der Waals surface area (Å²) in [5, 5.41) is 10.7. The van der Waals surface area contributed by atoms with Crippen molar-refractivity contribution in [2.24, 2.45) is 0 Å². The van der Waals surface area contributed by atoms with Crippen molar-refractivity contribution in [2.45, 2.75) is 22.7 Å². The Morgan fingerprint density at radius 2 is 1.64 bits per heavy atom. The maximum absolute atomic E-state index is 14.3. The number of aliphatic hydroxyl groups is 1. The zero-order chi connectivity index (χ0) is 25.9. The van der Waals surface area contributed by atoms with Gasteiger partial charge in [0.2, 0.25) is 15.9 Å².